The van der Waals surface area contributed by atoms with Crippen LogP contribution in [-0.4, -0.2) is 51.9 Å². The van der Waals surface area contributed by atoms with Crippen molar-refractivity contribution in [3.63, 3.8) is 0 Å². The number of esters is 1. The summed E-state index contributed by atoms with van der Waals surface area (Å²) in [6, 6.07) is 17.1. The number of sulfonamides is 1. The molecule has 3 rings (SSSR count). The minimum Gasteiger partial charge on any atom is -0.481 e. The fraction of sp³-hybridized carbons (Fsp3) is 0.182. The van der Waals surface area contributed by atoms with Gasteiger partial charge in [-0.05, 0) is 29.7 Å². The monoisotopic (exact) mass is 476 g/mol. The van der Waals surface area contributed by atoms with Gasteiger partial charge in [0.1, 0.15) is 10.6 Å². The molecule has 0 aliphatic rings. The molecule has 0 spiro atoms. The summed E-state index contributed by atoms with van der Waals surface area (Å²) < 4.78 is 36.1. The van der Waals surface area contributed by atoms with Gasteiger partial charge in [0.25, 0.3) is 5.91 Å². The first-order valence-corrected chi connectivity index (χ1v) is 11.3. The van der Waals surface area contributed by atoms with Crippen molar-refractivity contribution in [2.24, 2.45) is 0 Å². The largest absolute Gasteiger partial charge is 0.481 e. The maximum Gasteiger partial charge on any atom is 0.344 e. The van der Waals surface area contributed by atoms with E-state index in [0.29, 0.717) is 5.75 Å². The van der Waals surface area contributed by atoms with Crippen molar-refractivity contribution < 1.29 is 27.5 Å². The summed E-state index contributed by atoms with van der Waals surface area (Å²) in [5.41, 5.74) is 0.197. The minimum atomic E-state index is -3.79. The van der Waals surface area contributed by atoms with Crippen LogP contribution in [0.2, 0.25) is 5.02 Å². The number of ether oxygens (including phenoxy) is 2. The number of carbonyl (C=O) groups is 2. The molecule has 0 aliphatic heterocycles. The van der Waals surface area contributed by atoms with Crippen LogP contribution < -0.4 is 10.1 Å². The van der Waals surface area contributed by atoms with Crippen LogP contribution in [0.3, 0.4) is 0 Å². The van der Waals surface area contributed by atoms with Crippen molar-refractivity contribution in [2.45, 2.75) is 4.90 Å². The van der Waals surface area contributed by atoms with E-state index in [1.54, 1.807) is 6.07 Å². The minimum absolute atomic E-state index is 0.0220. The predicted octanol–water partition coefficient (Wildman–Crippen LogP) is 3.30. The van der Waals surface area contributed by atoms with Gasteiger partial charge in [-0.3, -0.25) is 4.79 Å². The molecule has 0 unspecified atom stereocenters. The molecule has 0 aliphatic carbocycles. The van der Waals surface area contributed by atoms with Crippen molar-refractivity contribution in [3.8, 4) is 5.75 Å². The number of benzene rings is 3. The number of rotatable bonds is 8. The Bertz CT molecular complexity index is 1260. The highest BCUT2D eigenvalue weighted by Gasteiger charge is 2.21. The SMILES string of the molecule is CN(C)S(=O)(=O)c1cc(NC(=O)COC(=O)COc2cccc3ccccc23)ccc1Cl. The molecule has 3 aromatic rings. The highest BCUT2D eigenvalue weighted by Crippen LogP contribution is 2.27. The Morgan fingerprint density at radius 2 is 1.72 bits per heavy atom. The molecule has 0 saturated heterocycles. The summed E-state index contributed by atoms with van der Waals surface area (Å²) in [5, 5.41) is 4.32. The van der Waals surface area contributed by atoms with Crippen LogP contribution >= 0.6 is 11.6 Å². The highest BCUT2D eigenvalue weighted by atomic mass is 35.5. The first-order valence-electron chi connectivity index (χ1n) is 9.46. The second kappa shape index (κ2) is 9.99. The zero-order valence-electron chi connectivity index (χ0n) is 17.4. The Labute approximate surface area is 190 Å². The fourth-order valence-electron chi connectivity index (χ4n) is 2.82. The van der Waals surface area contributed by atoms with Crippen LogP contribution in [0.15, 0.2) is 65.6 Å². The zero-order chi connectivity index (χ0) is 23.3. The van der Waals surface area contributed by atoms with Gasteiger partial charge in [0.2, 0.25) is 10.0 Å². The van der Waals surface area contributed by atoms with E-state index in [9.17, 15) is 18.0 Å². The van der Waals surface area contributed by atoms with Gasteiger partial charge in [-0.15, -0.1) is 0 Å². The average Bonchev–Trinajstić information content (AvgIpc) is 2.77. The zero-order valence-corrected chi connectivity index (χ0v) is 18.9. The lowest BCUT2D eigenvalue weighted by Gasteiger charge is -2.14. The second-order valence-electron chi connectivity index (χ2n) is 6.91. The van der Waals surface area contributed by atoms with Crippen molar-refractivity contribution >= 4 is 50.0 Å². The summed E-state index contributed by atoms with van der Waals surface area (Å²) in [6.45, 7) is -0.927. The highest BCUT2D eigenvalue weighted by molar-refractivity contribution is 7.89. The summed E-state index contributed by atoms with van der Waals surface area (Å²) >= 11 is 5.98. The summed E-state index contributed by atoms with van der Waals surface area (Å²) in [5.74, 6) is -0.834. The molecular weight excluding hydrogens is 456 g/mol. The lowest BCUT2D eigenvalue weighted by Crippen LogP contribution is -2.24. The lowest BCUT2D eigenvalue weighted by atomic mass is 10.1. The van der Waals surface area contributed by atoms with Gasteiger partial charge in [-0.25, -0.2) is 17.5 Å². The summed E-state index contributed by atoms with van der Waals surface area (Å²) in [4.78, 5) is 24.0. The molecule has 0 fully saturated rings. The molecule has 0 radical (unpaired) electrons. The van der Waals surface area contributed by atoms with Crippen molar-refractivity contribution in [1.82, 2.24) is 4.31 Å². The van der Waals surface area contributed by atoms with E-state index in [1.807, 2.05) is 36.4 Å². The molecule has 32 heavy (non-hydrogen) atoms. The third-order valence-corrected chi connectivity index (χ3v) is 6.73. The number of carbonyl (C=O) groups excluding carboxylic acids is 2. The first-order chi connectivity index (χ1) is 15.2. The Hall–Kier alpha value is -3.14. The molecule has 0 aromatic heterocycles. The van der Waals surface area contributed by atoms with Crippen molar-refractivity contribution in [2.75, 3.05) is 32.6 Å². The van der Waals surface area contributed by atoms with E-state index in [-0.39, 0.29) is 22.2 Å². The Balaban J connectivity index is 1.55. The molecule has 0 saturated carbocycles. The van der Waals surface area contributed by atoms with Gasteiger partial charge in [0.05, 0.1) is 5.02 Å². The number of nitrogens with one attached hydrogen (secondary N) is 1. The van der Waals surface area contributed by atoms with E-state index in [1.165, 1.54) is 32.3 Å². The van der Waals surface area contributed by atoms with Gasteiger partial charge < -0.3 is 14.8 Å². The number of amides is 1. The molecule has 0 bridgehead atoms. The van der Waals surface area contributed by atoms with Gasteiger partial charge in [0.15, 0.2) is 13.2 Å². The van der Waals surface area contributed by atoms with Gasteiger partial charge in [0, 0.05) is 25.2 Å². The van der Waals surface area contributed by atoms with Crippen LogP contribution in [0.1, 0.15) is 0 Å². The van der Waals surface area contributed by atoms with E-state index < -0.39 is 28.5 Å². The number of hydrogen-bond donors (Lipinski definition) is 1. The third-order valence-electron chi connectivity index (χ3n) is 4.43. The van der Waals surface area contributed by atoms with Gasteiger partial charge in [-0.1, -0.05) is 48.0 Å². The number of halogens is 1. The van der Waals surface area contributed by atoms with E-state index >= 15 is 0 Å². The second-order valence-corrected chi connectivity index (χ2v) is 9.43. The van der Waals surface area contributed by atoms with E-state index in [2.05, 4.69) is 5.32 Å². The first kappa shape index (κ1) is 23.5. The number of fused-ring (bicyclic) bond motifs is 1. The van der Waals surface area contributed by atoms with Crippen LogP contribution in [-0.2, 0) is 24.3 Å². The molecule has 1 N–H and O–H groups in total. The van der Waals surface area contributed by atoms with Gasteiger partial charge >= 0.3 is 5.97 Å². The smallest absolute Gasteiger partial charge is 0.344 e. The fourth-order valence-corrected chi connectivity index (χ4v) is 4.21. The average molecular weight is 477 g/mol. The molecule has 10 heteroatoms. The summed E-state index contributed by atoms with van der Waals surface area (Å²) in [7, 11) is -1.05. The lowest BCUT2D eigenvalue weighted by molar-refractivity contribution is -0.149. The molecular formula is C22H21ClN2O6S. The Kier molecular flexibility index (Phi) is 7.34. The maximum absolute atomic E-state index is 12.3. The third kappa shape index (κ3) is 5.56. The number of anilines is 1. The standard InChI is InChI=1S/C22H21ClN2O6S/c1-25(2)32(28,29)20-12-16(10-11-18(20)23)24-21(26)13-31-22(27)14-30-19-9-5-7-15-6-3-4-8-17(15)19/h3-12H,13-14H2,1-2H3,(H,24,26). The van der Waals surface area contributed by atoms with Crippen molar-refractivity contribution in [1.29, 1.82) is 0 Å². The molecule has 3 aromatic carbocycles. The van der Waals surface area contributed by atoms with Crippen molar-refractivity contribution in [3.05, 3.63) is 65.7 Å². The van der Waals surface area contributed by atoms with E-state index in [4.69, 9.17) is 21.1 Å². The normalized spacial score (nSPS) is 11.4. The van der Waals surface area contributed by atoms with Crippen LogP contribution in [0.5, 0.6) is 5.75 Å². The molecule has 0 heterocycles. The Morgan fingerprint density at radius 3 is 2.47 bits per heavy atom. The van der Waals surface area contributed by atoms with E-state index in [0.717, 1.165) is 15.1 Å². The molecule has 1 amide bonds. The molecule has 8 nitrogen and oxygen atoms in total. The number of nitrogens with zero attached hydrogens (tertiary/aromatic N) is 1. The Morgan fingerprint density at radius 1 is 1.00 bits per heavy atom. The maximum atomic E-state index is 12.3. The molecule has 0 atom stereocenters. The van der Waals surface area contributed by atoms with Gasteiger partial charge in [-0.2, -0.15) is 0 Å². The van der Waals surface area contributed by atoms with Crippen LogP contribution in [0, 0.1) is 0 Å². The summed E-state index contributed by atoms with van der Waals surface area (Å²) in [6.07, 6.45) is 0. The van der Waals surface area contributed by atoms with Crippen LogP contribution in [0.25, 0.3) is 10.8 Å². The topological polar surface area (TPSA) is 102 Å². The molecule has 168 valence electrons. The predicted molar refractivity (Wildman–Crippen MR) is 121 cm³/mol. The number of hydrogen-bond acceptors (Lipinski definition) is 6. The van der Waals surface area contributed by atoms with Crippen LogP contribution in [0.4, 0.5) is 5.69 Å². The quantitative estimate of drug-likeness (QED) is 0.500.